The Hall–Kier alpha value is -1.91. The van der Waals surface area contributed by atoms with Gasteiger partial charge in [0, 0.05) is 19.3 Å². The molecule has 0 aromatic carbocycles. The van der Waals surface area contributed by atoms with Gasteiger partial charge in [0.05, 0.1) is 17.5 Å². The van der Waals surface area contributed by atoms with Crippen LogP contribution in [0.5, 0.6) is 0 Å². The predicted molar refractivity (Wildman–Crippen MR) is 66.5 cm³/mol. The topological polar surface area (TPSA) is 62.3 Å². The van der Waals surface area contributed by atoms with Crippen molar-refractivity contribution in [2.75, 3.05) is 18.0 Å². The molecule has 2 aliphatic rings. The number of anilines is 1. The van der Waals surface area contributed by atoms with E-state index in [1.165, 1.54) is 0 Å². The first kappa shape index (κ1) is 11.2. The van der Waals surface area contributed by atoms with E-state index in [1.807, 2.05) is 0 Å². The van der Waals surface area contributed by atoms with E-state index in [1.54, 1.807) is 18.3 Å². The van der Waals surface area contributed by atoms with Gasteiger partial charge in [-0.25, -0.2) is 4.98 Å². The third kappa shape index (κ3) is 1.66. The van der Waals surface area contributed by atoms with Crippen molar-refractivity contribution in [2.24, 2.45) is 5.92 Å². The highest BCUT2D eigenvalue weighted by Gasteiger charge is 2.41. The molecule has 2 unspecified atom stereocenters. The first-order valence-corrected chi connectivity index (χ1v) is 6.26. The smallest absolute Gasteiger partial charge is 0.225 e. The third-order valence-electron chi connectivity index (χ3n) is 3.82. The molecule has 0 radical (unpaired) electrons. The molecular weight excluding hydrogens is 230 g/mol. The summed E-state index contributed by atoms with van der Waals surface area (Å²) in [5.74, 6) is 0.882. The molecule has 0 saturated carbocycles. The fraction of sp³-hybridized carbons (Fsp3) is 0.462. The van der Waals surface area contributed by atoms with Gasteiger partial charge < -0.3 is 10.2 Å². The molecule has 1 amide bonds. The number of fused-ring (bicyclic) bond motifs is 1. The first-order chi connectivity index (χ1) is 8.81. The van der Waals surface area contributed by atoms with E-state index in [2.05, 4.69) is 15.2 Å². The van der Waals surface area contributed by atoms with Gasteiger partial charge >= 0.3 is 0 Å². The standard InChI is InChI=1S/C13H15N3O2/c17-8-9-3-1-5-14-12(9)16-6-2-4-10-11(16)7-15-13(10)18/h1,3,5,8,10-11H,2,4,6-7H2,(H,15,18). The Labute approximate surface area is 105 Å². The highest BCUT2D eigenvalue weighted by atomic mass is 16.2. The minimum atomic E-state index is 0.0419. The van der Waals surface area contributed by atoms with Crippen molar-refractivity contribution in [1.82, 2.24) is 10.3 Å². The summed E-state index contributed by atoms with van der Waals surface area (Å²) in [6.07, 6.45) is 4.41. The molecule has 5 heteroatoms. The molecule has 0 spiro atoms. The summed E-state index contributed by atoms with van der Waals surface area (Å²) in [7, 11) is 0. The minimum absolute atomic E-state index is 0.0419. The summed E-state index contributed by atoms with van der Waals surface area (Å²) in [4.78, 5) is 29.2. The quantitative estimate of drug-likeness (QED) is 0.775. The van der Waals surface area contributed by atoms with Gasteiger partial charge in [0.25, 0.3) is 0 Å². The van der Waals surface area contributed by atoms with Crippen LogP contribution in [0.2, 0.25) is 0 Å². The normalized spacial score (nSPS) is 26.7. The third-order valence-corrected chi connectivity index (χ3v) is 3.82. The molecule has 2 atom stereocenters. The van der Waals surface area contributed by atoms with Crippen molar-refractivity contribution in [2.45, 2.75) is 18.9 Å². The van der Waals surface area contributed by atoms with Crippen LogP contribution >= 0.6 is 0 Å². The maximum atomic E-state index is 11.7. The van der Waals surface area contributed by atoms with Crippen LogP contribution in [0.4, 0.5) is 5.82 Å². The number of nitrogens with zero attached hydrogens (tertiary/aromatic N) is 2. The Bertz CT molecular complexity index is 489. The number of aldehydes is 1. The zero-order valence-corrected chi connectivity index (χ0v) is 10.0. The number of piperidine rings is 1. The fourth-order valence-electron chi connectivity index (χ4n) is 2.96. The zero-order valence-electron chi connectivity index (χ0n) is 10.0. The molecule has 2 saturated heterocycles. The Morgan fingerprint density at radius 2 is 2.39 bits per heavy atom. The predicted octanol–water partition coefficient (Wildman–Crippen LogP) is 0.609. The summed E-state index contributed by atoms with van der Waals surface area (Å²) in [6.45, 7) is 1.51. The minimum Gasteiger partial charge on any atom is -0.354 e. The van der Waals surface area contributed by atoms with Crippen LogP contribution in [0.25, 0.3) is 0 Å². The fourth-order valence-corrected chi connectivity index (χ4v) is 2.96. The first-order valence-electron chi connectivity index (χ1n) is 6.26. The summed E-state index contributed by atoms with van der Waals surface area (Å²) in [6, 6.07) is 3.66. The van der Waals surface area contributed by atoms with E-state index in [-0.39, 0.29) is 17.9 Å². The van der Waals surface area contributed by atoms with Gasteiger partial charge in [-0.2, -0.15) is 0 Å². The van der Waals surface area contributed by atoms with Crippen LogP contribution in [0, 0.1) is 5.92 Å². The highest BCUT2D eigenvalue weighted by Crippen LogP contribution is 2.31. The number of aromatic nitrogens is 1. The number of pyridine rings is 1. The van der Waals surface area contributed by atoms with Gasteiger partial charge in [0.15, 0.2) is 6.29 Å². The van der Waals surface area contributed by atoms with Gasteiger partial charge in [-0.1, -0.05) is 0 Å². The lowest BCUT2D eigenvalue weighted by Crippen LogP contribution is -2.46. The van der Waals surface area contributed by atoms with E-state index in [9.17, 15) is 9.59 Å². The summed E-state index contributed by atoms with van der Waals surface area (Å²) in [5.41, 5.74) is 0.595. The number of amides is 1. The molecule has 3 heterocycles. The lowest BCUT2D eigenvalue weighted by molar-refractivity contribution is -0.123. The Balaban J connectivity index is 1.96. The number of nitrogens with one attached hydrogen (secondary N) is 1. The second-order valence-electron chi connectivity index (χ2n) is 4.79. The SMILES string of the molecule is O=Cc1cccnc1N1CCCC2C(=O)NCC21. The van der Waals surface area contributed by atoms with Gasteiger partial charge in [0.1, 0.15) is 5.82 Å². The lowest BCUT2D eigenvalue weighted by Gasteiger charge is -2.37. The second kappa shape index (κ2) is 4.40. The summed E-state index contributed by atoms with van der Waals surface area (Å²) < 4.78 is 0. The highest BCUT2D eigenvalue weighted by molar-refractivity contribution is 5.85. The molecule has 1 N–H and O–H groups in total. The van der Waals surface area contributed by atoms with Crippen LogP contribution < -0.4 is 10.2 Å². The van der Waals surface area contributed by atoms with Gasteiger partial charge in [-0.15, -0.1) is 0 Å². The monoisotopic (exact) mass is 245 g/mol. The zero-order chi connectivity index (χ0) is 12.5. The largest absolute Gasteiger partial charge is 0.354 e. The molecule has 1 aromatic heterocycles. The van der Waals surface area contributed by atoms with E-state index in [0.29, 0.717) is 17.9 Å². The Kier molecular flexibility index (Phi) is 2.74. The molecule has 2 aliphatic heterocycles. The van der Waals surface area contributed by atoms with E-state index in [4.69, 9.17) is 0 Å². The van der Waals surface area contributed by atoms with E-state index < -0.39 is 0 Å². The molecule has 94 valence electrons. The van der Waals surface area contributed by atoms with Gasteiger partial charge in [-0.05, 0) is 25.0 Å². The lowest BCUT2D eigenvalue weighted by atomic mass is 9.91. The van der Waals surface area contributed by atoms with Crippen LogP contribution in [0.1, 0.15) is 23.2 Å². The molecular formula is C13H15N3O2. The Morgan fingerprint density at radius 3 is 3.22 bits per heavy atom. The molecule has 5 nitrogen and oxygen atoms in total. The van der Waals surface area contributed by atoms with Crippen molar-refractivity contribution in [1.29, 1.82) is 0 Å². The van der Waals surface area contributed by atoms with Crippen LogP contribution in [-0.2, 0) is 4.79 Å². The van der Waals surface area contributed by atoms with Crippen LogP contribution in [0.3, 0.4) is 0 Å². The molecule has 18 heavy (non-hydrogen) atoms. The molecule has 0 aliphatic carbocycles. The average Bonchev–Trinajstić information content (AvgIpc) is 2.81. The summed E-state index contributed by atoms with van der Waals surface area (Å²) >= 11 is 0. The molecule has 2 fully saturated rings. The second-order valence-corrected chi connectivity index (χ2v) is 4.79. The number of hydrogen-bond donors (Lipinski definition) is 1. The number of rotatable bonds is 2. The number of carbonyl (C=O) groups is 2. The number of hydrogen-bond acceptors (Lipinski definition) is 4. The van der Waals surface area contributed by atoms with Crippen molar-refractivity contribution in [3.63, 3.8) is 0 Å². The Morgan fingerprint density at radius 1 is 1.50 bits per heavy atom. The van der Waals surface area contributed by atoms with E-state index in [0.717, 1.165) is 25.7 Å². The maximum absolute atomic E-state index is 11.7. The molecule has 1 aromatic rings. The van der Waals surface area contributed by atoms with Crippen molar-refractivity contribution in [3.8, 4) is 0 Å². The average molecular weight is 245 g/mol. The maximum Gasteiger partial charge on any atom is 0.225 e. The molecule has 3 rings (SSSR count). The van der Waals surface area contributed by atoms with E-state index >= 15 is 0 Å². The van der Waals surface area contributed by atoms with Crippen molar-refractivity contribution >= 4 is 18.0 Å². The summed E-state index contributed by atoms with van der Waals surface area (Å²) in [5, 5.41) is 2.90. The van der Waals surface area contributed by atoms with Gasteiger partial charge in [0.2, 0.25) is 5.91 Å². The van der Waals surface area contributed by atoms with Crippen molar-refractivity contribution in [3.05, 3.63) is 23.9 Å². The van der Waals surface area contributed by atoms with Crippen LogP contribution in [0.15, 0.2) is 18.3 Å². The molecule has 0 bridgehead atoms. The number of carbonyl (C=O) groups excluding carboxylic acids is 2. The van der Waals surface area contributed by atoms with Crippen molar-refractivity contribution < 1.29 is 9.59 Å². The van der Waals surface area contributed by atoms with Crippen LogP contribution in [-0.4, -0.2) is 36.3 Å². The van der Waals surface area contributed by atoms with Gasteiger partial charge in [-0.3, -0.25) is 9.59 Å².